The van der Waals surface area contributed by atoms with Crippen LogP contribution in [-0.2, 0) is 0 Å². The first-order chi connectivity index (χ1) is 7.90. The van der Waals surface area contributed by atoms with Gasteiger partial charge in [-0.15, -0.1) is 0 Å². The van der Waals surface area contributed by atoms with Crippen LogP contribution in [0.3, 0.4) is 0 Å². The molecule has 0 fully saturated rings. The molecule has 0 amide bonds. The van der Waals surface area contributed by atoms with Crippen LogP contribution >= 0.6 is 0 Å². The number of carboxylic acid groups (broad SMARTS) is 1. The molecule has 17 heavy (non-hydrogen) atoms. The van der Waals surface area contributed by atoms with Gasteiger partial charge in [-0.25, -0.2) is 4.79 Å². The number of nitro benzene ring substituents is 1. The van der Waals surface area contributed by atoms with Crippen LogP contribution in [0, 0.1) is 10.1 Å². The molecule has 5 N–H and O–H groups in total. The highest BCUT2D eigenvalue weighted by molar-refractivity contribution is 5.92. The highest BCUT2D eigenvalue weighted by Crippen LogP contribution is 2.34. The van der Waals surface area contributed by atoms with Gasteiger partial charge in [0.05, 0.1) is 23.1 Å². The van der Waals surface area contributed by atoms with E-state index >= 15 is 0 Å². The molecule has 1 aromatic carbocycles. The van der Waals surface area contributed by atoms with E-state index in [1.165, 1.54) is 0 Å². The van der Waals surface area contributed by atoms with Crippen molar-refractivity contribution in [2.24, 2.45) is 5.73 Å². The third-order valence-corrected chi connectivity index (χ3v) is 2.19. The Balaban J connectivity index is 3.52. The molecule has 0 saturated heterocycles. The molecule has 1 atom stereocenters. The van der Waals surface area contributed by atoms with Gasteiger partial charge in [-0.2, -0.15) is 0 Å². The molecular weight excluding hydrogens is 232 g/mol. The van der Waals surface area contributed by atoms with Crippen molar-refractivity contribution in [3.8, 4) is 5.75 Å². The van der Waals surface area contributed by atoms with Crippen molar-refractivity contribution in [2.75, 3.05) is 6.61 Å². The Bertz CT molecular complexity index is 473. The zero-order valence-electron chi connectivity index (χ0n) is 8.53. The summed E-state index contributed by atoms with van der Waals surface area (Å²) in [6.07, 6.45) is 0. The van der Waals surface area contributed by atoms with E-state index in [0.29, 0.717) is 0 Å². The second kappa shape index (κ2) is 4.76. The maximum absolute atomic E-state index is 10.7. The highest BCUT2D eigenvalue weighted by Gasteiger charge is 2.27. The third-order valence-electron chi connectivity index (χ3n) is 2.19. The lowest BCUT2D eigenvalue weighted by Crippen LogP contribution is -2.17. The normalized spacial score (nSPS) is 12.1. The molecule has 0 aliphatic rings. The van der Waals surface area contributed by atoms with Crippen molar-refractivity contribution in [3.63, 3.8) is 0 Å². The number of aromatic carboxylic acids is 1. The minimum atomic E-state index is -1.44. The molecule has 8 nitrogen and oxygen atoms in total. The lowest BCUT2D eigenvalue weighted by atomic mass is 10.0. The molecule has 0 spiro atoms. The van der Waals surface area contributed by atoms with Gasteiger partial charge in [0, 0.05) is 6.07 Å². The van der Waals surface area contributed by atoms with Gasteiger partial charge in [0.2, 0.25) is 0 Å². The summed E-state index contributed by atoms with van der Waals surface area (Å²) >= 11 is 0. The van der Waals surface area contributed by atoms with Crippen LogP contribution in [0.2, 0.25) is 0 Å². The maximum Gasteiger partial charge on any atom is 0.339 e. The first-order valence-electron chi connectivity index (χ1n) is 4.50. The standard InChI is InChI=1S/C9H10N2O6/c10-5(3-12)7-6(11(16)17)2-1-4(8(7)13)9(14)15/h1-2,5,12-13H,3,10H2,(H,14,15)/t5-/m1/s1. The highest BCUT2D eigenvalue weighted by atomic mass is 16.6. The Morgan fingerprint density at radius 1 is 1.53 bits per heavy atom. The van der Waals surface area contributed by atoms with Gasteiger partial charge in [-0.05, 0) is 6.07 Å². The van der Waals surface area contributed by atoms with Crippen LogP contribution in [0.4, 0.5) is 5.69 Å². The number of phenols is 1. The van der Waals surface area contributed by atoms with Crippen LogP contribution in [-0.4, -0.2) is 32.8 Å². The number of nitro groups is 1. The fraction of sp³-hybridized carbons (Fsp3) is 0.222. The number of carboxylic acids is 1. The van der Waals surface area contributed by atoms with Crippen LogP contribution in [0.25, 0.3) is 0 Å². The third kappa shape index (κ3) is 2.32. The zero-order chi connectivity index (χ0) is 13.2. The van der Waals surface area contributed by atoms with Crippen molar-refractivity contribution in [2.45, 2.75) is 6.04 Å². The van der Waals surface area contributed by atoms with E-state index in [1.54, 1.807) is 0 Å². The Labute approximate surface area is 95.1 Å². The lowest BCUT2D eigenvalue weighted by molar-refractivity contribution is -0.385. The molecule has 0 unspecified atom stereocenters. The Morgan fingerprint density at radius 2 is 2.12 bits per heavy atom. The molecule has 0 heterocycles. The molecule has 0 aliphatic heterocycles. The summed E-state index contributed by atoms with van der Waals surface area (Å²) < 4.78 is 0. The topological polar surface area (TPSA) is 147 Å². The summed E-state index contributed by atoms with van der Waals surface area (Å²) in [4.78, 5) is 20.6. The number of benzene rings is 1. The molecule has 0 saturated carbocycles. The molecule has 1 aromatic rings. The van der Waals surface area contributed by atoms with Gasteiger partial charge in [-0.3, -0.25) is 10.1 Å². The second-order valence-corrected chi connectivity index (χ2v) is 3.25. The van der Waals surface area contributed by atoms with Gasteiger partial charge < -0.3 is 21.1 Å². The summed E-state index contributed by atoms with van der Waals surface area (Å²) in [5.74, 6) is -2.24. The molecule has 92 valence electrons. The number of aliphatic hydroxyl groups excluding tert-OH is 1. The predicted octanol–water partition coefficient (Wildman–Crippen LogP) is -0.00930. The monoisotopic (exact) mass is 242 g/mol. The number of hydrogen-bond donors (Lipinski definition) is 4. The molecule has 0 aliphatic carbocycles. The van der Waals surface area contributed by atoms with Crippen molar-refractivity contribution >= 4 is 11.7 Å². The number of nitrogens with two attached hydrogens (primary N) is 1. The van der Waals surface area contributed by atoms with Crippen molar-refractivity contribution in [1.29, 1.82) is 0 Å². The average molecular weight is 242 g/mol. The maximum atomic E-state index is 10.7. The fourth-order valence-electron chi connectivity index (χ4n) is 1.39. The first-order valence-corrected chi connectivity index (χ1v) is 4.50. The molecule has 8 heteroatoms. The summed E-state index contributed by atoms with van der Waals surface area (Å²) in [6.45, 7) is -0.655. The molecule has 0 aromatic heterocycles. The van der Waals surface area contributed by atoms with E-state index in [2.05, 4.69) is 0 Å². The van der Waals surface area contributed by atoms with E-state index in [-0.39, 0.29) is 0 Å². The number of carbonyl (C=O) groups is 1. The number of rotatable bonds is 4. The summed E-state index contributed by atoms with van der Waals surface area (Å²) in [6, 6.07) is 0.604. The van der Waals surface area contributed by atoms with E-state index in [0.717, 1.165) is 12.1 Å². The number of aromatic hydroxyl groups is 1. The number of hydrogen-bond acceptors (Lipinski definition) is 6. The Morgan fingerprint density at radius 3 is 2.53 bits per heavy atom. The largest absolute Gasteiger partial charge is 0.506 e. The van der Waals surface area contributed by atoms with Gasteiger partial charge in [-0.1, -0.05) is 0 Å². The number of nitrogens with zero attached hydrogens (tertiary/aromatic N) is 1. The van der Waals surface area contributed by atoms with Crippen LogP contribution in [0.5, 0.6) is 5.75 Å². The Kier molecular flexibility index (Phi) is 3.61. The van der Waals surface area contributed by atoms with Gasteiger partial charge >= 0.3 is 5.97 Å². The second-order valence-electron chi connectivity index (χ2n) is 3.25. The molecule has 1 rings (SSSR count). The van der Waals surface area contributed by atoms with E-state index in [1.807, 2.05) is 0 Å². The van der Waals surface area contributed by atoms with Crippen molar-refractivity contribution in [1.82, 2.24) is 0 Å². The van der Waals surface area contributed by atoms with Crippen LogP contribution < -0.4 is 5.73 Å². The van der Waals surface area contributed by atoms with Gasteiger partial charge in [0.15, 0.2) is 0 Å². The SMILES string of the molecule is N[C@H](CO)c1c([N+](=O)[O-])ccc(C(=O)O)c1O. The predicted molar refractivity (Wildman–Crippen MR) is 55.7 cm³/mol. The minimum Gasteiger partial charge on any atom is -0.506 e. The van der Waals surface area contributed by atoms with Gasteiger partial charge in [0.25, 0.3) is 5.69 Å². The summed E-state index contributed by atoms with van der Waals surface area (Å²) in [5.41, 5.74) is 3.97. The number of aliphatic hydroxyl groups is 1. The minimum absolute atomic E-state index is 0.391. The molecule has 0 bridgehead atoms. The molecule has 0 radical (unpaired) electrons. The summed E-state index contributed by atoms with van der Waals surface area (Å²) in [5, 5.41) is 37.9. The first kappa shape index (κ1) is 12.9. The quantitative estimate of drug-likeness (QED) is 0.428. The smallest absolute Gasteiger partial charge is 0.339 e. The van der Waals surface area contributed by atoms with Gasteiger partial charge in [0.1, 0.15) is 11.3 Å². The Hall–Kier alpha value is -2.19. The molecular formula is C9H10N2O6. The van der Waals surface area contributed by atoms with Crippen LogP contribution in [0.1, 0.15) is 22.0 Å². The van der Waals surface area contributed by atoms with E-state index in [4.69, 9.17) is 15.9 Å². The average Bonchev–Trinajstić information content (AvgIpc) is 2.26. The fourth-order valence-corrected chi connectivity index (χ4v) is 1.39. The van der Waals surface area contributed by atoms with E-state index in [9.17, 15) is 20.0 Å². The van der Waals surface area contributed by atoms with Crippen LogP contribution in [0.15, 0.2) is 12.1 Å². The lowest BCUT2D eigenvalue weighted by Gasteiger charge is -2.12. The van der Waals surface area contributed by atoms with Crippen molar-refractivity contribution < 1.29 is 25.0 Å². The zero-order valence-corrected chi connectivity index (χ0v) is 8.53. The van der Waals surface area contributed by atoms with Crippen molar-refractivity contribution in [3.05, 3.63) is 33.4 Å². The summed E-state index contributed by atoms with van der Waals surface area (Å²) in [7, 11) is 0. The van der Waals surface area contributed by atoms with E-state index < -0.39 is 46.1 Å².